The molecule has 2 rings (SSSR count). The predicted molar refractivity (Wildman–Crippen MR) is 90.0 cm³/mol. The summed E-state index contributed by atoms with van der Waals surface area (Å²) in [7, 11) is 1.95. The molecule has 1 aromatic carbocycles. The molecule has 0 bridgehead atoms. The Morgan fingerprint density at radius 1 is 1.18 bits per heavy atom. The Balaban J connectivity index is 2.28. The topological polar surface area (TPSA) is 58.4 Å². The third-order valence-corrected chi connectivity index (χ3v) is 4.32. The normalized spacial score (nSPS) is 18.6. The van der Waals surface area contributed by atoms with Crippen molar-refractivity contribution in [1.82, 2.24) is 10.2 Å². The van der Waals surface area contributed by atoms with Gasteiger partial charge >= 0.3 is 0 Å². The first kappa shape index (κ1) is 16.6. The lowest BCUT2D eigenvalue weighted by Crippen LogP contribution is -2.56. The Morgan fingerprint density at radius 2 is 1.82 bits per heavy atom. The van der Waals surface area contributed by atoms with Crippen LogP contribution in [0.4, 0.5) is 0 Å². The number of rotatable bonds is 6. The highest BCUT2D eigenvalue weighted by Gasteiger charge is 2.28. The molecule has 0 spiro atoms. The molecule has 0 radical (unpaired) electrons. The number of amides is 1. The van der Waals surface area contributed by atoms with Gasteiger partial charge in [0.05, 0.1) is 0 Å². The number of carbonyl (C=O) groups excluding carboxylic acids is 1. The van der Waals surface area contributed by atoms with Crippen LogP contribution in [0.1, 0.15) is 44.2 Å². The predicted octanol–water partition coefficient (Wildman–Crippen LogP) is 2.54. The molecule has 0 saturated carbocycles. The smallest absolute Gasteiger partial charge is 0.251 e. The molecular weight excluding hydrogens is 274 g/mol. The molecule has 22 heavy (non-hydrogen) atoms. The number of unbranched alkanes of at least 4 members (excludes halogenated alkanes) is 1. The largest absolute Gasteiger partial charge is 0.345 e. The SMILES string of the molecule is CCCCC1=C(Cc2ccc(CC)cc2)C(=O)NC(N)N1C. The Hall–Kier alpha value is -1.81. The van der Waals surface area contributed by atoms with Gasteiger partial charge in [0.2, 0.25) is 0 Å². The van der Waals surface area contributed by atoms with Crippen LogP contribution < -0.4 is 11.1 Å². The first-order valence-corrected chi connectivity index (χ1v) is 8.15. The third kappa shape index (κ3) is 3.69. The van der Waals surface area contributed by atoms with Gasteiger partial charge in [0, 0.05) is 24.7 Å². The number of hydrogen-bond acceptors (Lipinski definition) is 3. The van der Waals surface area contributed by atoms with Crippen molar-refractivity contribution in [3.8, 4) is 0 Å². The van der Waals surface area contributed by atoms with Crippen LogP contribution in [0.15, 0.2) is 35.5 Å². The summed E-state index contributed by atoms with van der Waals surface area (Å²) in [5.74, 6) is -0.0312. The Bertz CT molecular complexity index is 548. The molecule has 4 nitrogen and oxygen atoms in total. The molecule has 1 unspecified atom stereocenters. The number of allylic oxidation sites excluding steroid dienone is 1. The molecule has 0 aromatic heterocycles. The van der Waals surface area contributed by atoms with Gasteiger partial charge in [-0.1, -0.05) is 44.5 Å². The fourth-order valence-electron chi connectivity index (χ4n) is 2.78. The first-order valence-electron chi connectivity index (χ1n) is 8.15. The van der Waals surface area contributed by atoms with Gasteiger partial charge in [-0.3, -0.25) is 10.5 Å². The van der Waals surface area contributed by atoms with E-state index in [0.717, 1.165) is 37.0 Å². The molecule has 1 aromatic rings. The monoisotopic (exact) mass is 301 g/mol. The maximum absolute atomic E-state index is 12.4. The standard InChI is InChI=1S/C18H27N3O/c1-4-6-7-16-15(17(22)20-18(19)21(16)3)12-14-10-8-13(5-2)9-11-14/h8-11,18H,4-7,12,19H2,1-3H3,(H,20,22). The number of hydrogen-bond donors (Lipinski definition) is 2. The van der Waals surface area contributed by atoms with Crippen LogP contribution in [-0.4, -0.2) is 24.1 Å². The Labute approximate surface area is 133 Å². The van der Waals surface area contributed by atoms with Crippen LogP contribution in [0.3, 0.4) is 0 Å². The number of nitrogens with two attached hydrogens (primary N) is 1. The quantitative estimate of drug-likeness (QED) is 0.849. The molecule has 1 amide bonds. The van der Waals surface area contributed by atoms with Gasteiger partial charge < -0.3 is 10.2 Å². The van der Waals surface area contributed by atoms with Gasteiger partial charge in [-0.2, -0.15) is 0 Å². The van der Waals surface area contributed by atoms with E-state index in [1.165, 1.54) is 11.1 Å². The van der Waals surface area contributed by atoms with Crippen molar-refractivity contribution in [3.63, 3.8) is 0 Å². The second kappa shape index (κ2) is 7.45. The second-order valence-electron chi connectivity index (χ2n) is 5.90. The van der Waals surface area contributed by atoms with Crippen molar-refractivity contribution in [3.05, 3.63) is 46.7 Å². The second-order valence-corrected chi connectivity index (χ2v) is 5.90. The van der Waals surface area contributed by atoms with Gasteiger partial charge in [-0.25, -0.2) is 0 Å². The van der Waals surface area contributed by atoms with Crippen molar-refractivity contribution in [2.75, 3.05) is 7.05 Å². The van der Waals surface area contributed by atoms with E-state index in [2.05, 4.69) is 43.4 Å². The van der Waals surface area contributed by atoms with E-state index in [4.69, 9.17) is 5.73 Å². The average molecular weight is 301 g/mol. The number of nitrogens with zero attached hydrogens (tertiary/aromatic N) is 1. The minimum absolute atomic E-state index is 0.0312. The molecule has 1 aliphatic heterocycles. The van der Waals surface area contributed by atoms with Gasteiger partial charge in [0.25, 0.3) is 5.91 Å². The highest BCUT2D eigenvalue weighted by molar-refractivity contribution is 5.95. The van der Waals surface area contributed by atoms with Gasteiger partial charge in [-0.15, -0.1) is 0 Å². The highest BCUT2D eigenvalue weighted by atomic mass is 16.2. The number of nitrogens with one attached hydrogen (secondary N) is 1. The lowest BCUT2D eigenvalue weighted by molar-refractivity contribution is -0.120. The van der Waals surface area contributed by atoms with Crippen molar-refractivity contribution in [2.45, 2.75) is 52.2 Å². The van der Waals surface area contributed by atoms with E-state index in [0.29, 0.717) is 6.42 Å². The summed E-state index contributed by atoms with van der Waals surface area (Å²) in [6.45, 7) is 4.30. The van der Waals surface area contributed by atoms with Crippen LogP contribution in [0.2, 0.25) is 0 Å². The molecule has 0 aliphatic carbocycles. The van der Waals surface area contributed by atoms with Crippen LogP contribution >= 0.6 is 0 Å². The van der Waals surface area contributed by atoms with Crippen LogP contribution in [0.5, 0.6) is 0 Å². The average Bonchev–Trinajstić information content (AvgIpc) is 2.53. The number of aryl methyl sites for hydroxylation is 1. The van der Waals surface area contributed by atoms with Crippen LogP contribution in [0, 0.1) is 0 Å². The fourth-order valence-corrected chi connectivity index (χ4v) is 2.78. The van der Waals surface area contributed by atoms with Gasteiger partial charge in [0.15, 0.2) is 6.29 Å². The molecule has 4 heteroatoms. The van der Waals surface area contributed by atoms with Crippen molar-refractivity contribution >= 4 is 5.91 Å². The van der Waals surface area contributed by atoms with E-state index in [1.54, 1.807) is 0 Å². The van der Waals surface area contributed by atoms with Crippen LogP contribution in [0.25, 0.3) is 0 Å². The number of carbonyl (C=O) groups is 1. The zero-order chi connectivity index (χ0) is 16.1. The first-order chi connectivity index (χ1) is 10.6. The molecule has 0 saturated heterocycles. The van der Waals surface area contributed by atoms with E-state index in [1.807, 2.05) is 11.9 Å². The van der Waals surface area contributed by atoms with E-state index >= 15 is 0 Å². The zero-order valence-electron chi connectivity index (χ0n) is 13.9. The lowest BCUT2D eigenvalue weighted by atomic mass is 9.97. The molecule has 120 valence electrons. The molecule has 0 fully saturated rings. The zero-order valence-corrected chi connectivity index (χ0v) is 13.9. The fraction of sp³-hybridized carbons (Fsp3) is 0.500. The molecule has 1 aliphatic rings. The maximum atomic E-state index is 12.4. The van der Waals surface area contributed by atoms with E-state index < -0.39 is 6.29 Å². The summed E-state index contributed by atoms with van der Waals surface area (Å²) in [6, 6.07) is 8.51. The van der Waals surface area contributed by atoms with Crippen molar-refractivity contribution < 1.29 is 4.79 Å². The molecule has 1 heterocycles. The van der Waals surface area contributed by atoms with Crippen molar-refractivity contribution in [1.29, 1.82) is 0 Å². The maximum Gasteiger partial charge on any atom is 0.251 e. The Kier molecular flexibility index (Phi) is 5.61. The molecular formula is C18H27N3O. The summed E-state index contributed by atoms with van der Waals surface area (Å²) >= 11 is 0. The summed E-state index contributed by atoms with van der Waals surface area (Å²) < 4.78 is 0. The summed E-state index contributed by atoms with van der Waals surface area (Å²) in [6.07, 6.45) is 4.33. The van der Waals surface area contributed by atoms with Gasteiger partial charge in [0.1, 0.15) is 0 Å². The third-order valence-electron chi connectivity index (χ3n) is 4.32. The van der Waals surface area contributed by atoms with E-state index in [-0.39, 0.29) is 5.91 Å². The van der Waals surface area contributed by atoms with Crippen molar-refractivity contribution in [2.24, 2.45) is 5.73 Å². The Morgan fingerprint density at radius 3 is 2.41 bits per heavy atom. The summed E-state index contributed by atoms with van der Waals surface area (Å²) in [5.41, 5.74) is 10.4. The van der Waals surface area contributed by atoms with E-state index in [9.17, 15) is 4.79 Å². The summed E-state index contributed by atoms with van der Waals surface area (Å²) in [4.78, 5) is 14.4. The minimum Gasteiger partial charge on any atom is -0.345 e. The summed E-state index contributed by atoms with van der Waals surface area (Å²) in [5, 5.41) is 2.84. The highest BCUT2D eigenvalue weighted by Crippen LogP contribution is 2.24. The minimum atomic E-state index is -0.425. The molecule has 3 N–H and O–H groups in total. The number of benzene rings is 1. The lowest BCUT2D eigenvalue weighted by Gasteiger charge is -2.36. The van der Waals surface area contributed by atoms with Crippen LogP contribution in [-0.2, 0) is 17.6 Å². The van der Waals surface area contributed by atoms with Gasteiger partial charge in [-0.05, 0) is 30.4 Å². The molecule has 1 atom stereocenters.